The van der Waals surface area contributed by atoms with Crippen molar-refractivity contribution in [2.24, 2.45) is 5.41 Å². The summed E-state index contributed by atoms with van der Waals surface area (Å²) >= 11 is 0. The van der Waals surface area contributed by atoms with E-state index in [9.17, 15) is 10.1 Å². The van der Waals surface area contributed by atoms with E-state index in [-0.39, 0.29) is 11.6 Å². The van der Waals surface area contributed by atoms with Crippen LogP contribution < -0.4 is 0 Å². The molecule has 1 aromatic rings. The number of unbranched alkanes of at least 4 members (excludes halogenated alkanes) is 1. The summed E-state index contributed by atoms with van der Waals surface area (Å²) in [6.45, 7) is 13.6. The van der Waals surface area contributed by atoms with Gasteiger partial charge >= 0.3 is 5.97 Å². The highest BCUT2D eigenvalue weighted by molar-refractivity contribution is 6.74. The molecule has 0 radical (unpaired) electrons. The van der Waals surface area contributed by atoms with Crippen LogP contribution in [0.5, 0.6) is 0 Å². The predicted molar refractivity (Wildman–Crippen MR) is 126 cm³/mol. The highest BCUT2D eigenvalue weighted by Gasteiger charge is 2.39. The number of ether oxygens (including phenoxy) is 1. The molecule has 0 aliphatic carbocycles. The minimum absolute atomic E-state index is 0.138. The third kappa shape index (κ3) is 8.08. The van der Waals surface area contributed by atoms with Crippen LogP contribution in [0.1, 0.15) is 58.9 Å². The number of nitrogens with zero attached hydrogens (tertiary/aromatic N) is 1. The van der Waals surface area contributed by atoms with Gasteiger partial charge in [-0.3, -0.25) is 0 Å². The van der Waals surface area contributed by atoms with E-state index in [1.807, 2.05) is 24.3 Å². The van der Waals surface area contributed by atoms with Gasteiger partial charge in [-0.05, 0) is 62.7 Å². The van der Waals surface area contributed by atoms with Crippen LogP contribution in [0.3, 0.4) is 0 Å². The zero-order valence-electron chi connectivity index (χ0n) is 19.7. The van der Waals surface area contributed by atoms with Crippen LogP contribution in [0.2, 0.25) is 18.1 Å². The smallest absolute Gasteiger partial charge is 0.330 e. The van der Waals surface area contributed by atoms with Gasteiger partial charge in [-0.1, -0.05) is 63.3 Å². The van der Waals surface area contributed by atoms with E-state index in [0.717, 1.165) is 19.3 Å². The maximum Gasteiger partial charge on any atom is 0.330 e. The average Bonchev–Trinajstić information content (AvgIpc) is 2.69. The Kier molecular flexibility index (Phi) is 10.5. The van der Waals surface area contributed by atoms with Crippen LogP contribution in [0, 0.1) is 16.7 Å². The molecular formula is C25H39NO3Si. The van der Waals surface area contributed by atoms with Crippen molar-refractivity contribution in [2.75, 3.05) is 13.2 Å². The SMILES string of the molecule is CCOC(=O)[C@](C#N)(/C=C/CCCc1ccccc1)CCCO[Si](C)(C)C(C)(C)C. The number of aryl methyl sites for hydroxylation is 1. The minimum Gasteiger partial charge on any atom is -0.465 e. The molecule has 0 saturated carbocycles. The predicted octanol–water partition coefficient (Wildman–Crippen LogP) is 6.44. The summed E-state index contributed by atoms with van der Waals surface area (Å²) in [5, 5.41) is 10.0. The zero-order valence-corrected chi connectivity index (χ0v) is 20.7. The first-order valence-corrected chi connectivity index (χ1v) is 13.9. The molecule has 5 heteroatoms. The summed E-state index contributed by atoms with van der Waals surface area (Å²) in [6, 6.07) is 12.6. The summed E-state index contributed by atoms with van der Waals surface area (Å²) in [7, 11) is -1.84. The van der Waals surface area contributed by atoms with Gasteiger partial charge in [-0.15, -0.1) is 0 Å². The van der Waals surface area contributed by atoms with Gasteiger partial charge in [-0.25, -0.2) is 4.79 Å². The lowest BCUT2D eigenvalue weighted by Crippen LogP contribution is -2.41. The Morgan fingerprint density at radius 1 is 1.17 bits per heavy atom. The summed E-state index contributed by atoms with van der Waals surface area (Å²) in [4.78, 5) is 12.6. The fourth-order valence-corrected chi connectivity index (χ4v) is 3.99. The number of benzene rings is 1. The first-order chi connectivity index (χ1) is 14.1. The van der Waals surface area contributed by atoms with Gasteiger partial charge in [0.25, 0.3) is 0 Å². The van der Waals surface area contributed by atoms with E-state index in [0.29, 0.717) is 19.4 Å². The molecule has 1 aromatic carbocycles. The molecule has 0 aliphatic heterocycles. The second-order valence-corrected chi connectivity index (χ2v) is 14.1. The summed E-state index contributed by atoms with van der Waals surface area (Å²) in [5.74, 6) is -0.459. The highest BCUT2D eigenvalue weighted by Crippen LogP contribution is 2.37. The molecule has 0 amide bonds. The Hall–Kier alpha value is -1.90. The van der Waals surface area contributed by atoms with Crippen molar-refractivity contribution in [2.45, 2.75) is 77.9 Å². The molecule has 0 fully saturated rings. The topological polar surface area (TPSA) is 59.3 Å². The zero-order chi connectivity index (χ0) is 22.7. The summed E-state index contributed by atoms with van der Waals surface area (Å²) in [6.07, 6.45) is 7.53. The summed E-state index contributed by atoms with van der Waals surface area (Å²) in [5.41, 5.74) is 0.0603. The molecule has 1 atom stereocenters. The molecule has 0 aliphatic rings. The van der Waals surface area contributed by atoms with E-state index >= 15 is 0 Å². The van der Waals surface area contributed by atoms with Crippen molar-refractivity contribution in [3.63, 3.8) is 0 Å². The quantitative estimate of drug-likeness (QED) is 0.166. The van der Waals surface area contributed by atoms with Gasteiger partial charge in [-0.2, -0.15) is 5.26 Å². The largest absolute Gasteiger partial charge is 0.465 e. The second-order valence-electron chi connectivity index (χ2n) is 9.30. The molecular weight excluding hydrogens is 390 g/mol. The van der Waals surface area contributed by atoms with Crippen LogP contribution in [0.25, 0.3) is 0 Å². The van der Waals surface area contributed by atoms with E-state index < -0.39 is 19.7 Å². The molecule has 0 saturated heterocycles. The van der Waals surface area contributed by atoms with E-state index in [4.69, 9.17) is 9.16 Å². The normalized spacial score (nSPS) is 14.3. The Bertz CT molecular complexity index is 716. The van der Waals surface area contributed by atoms with E-state index in [1.54, 1.807) is 13.0 Å². The number of nitriles is 1. The van der Waals surface area contributed by atoms with Gasteiger partial charge < -0.3 is 9.16 Å². The maximum atomic E-state index is 12.6. The molecule has 0 heterocycles. The lowest BCUT2D eigenvalue weighted by molar-refractivity contribution is -0.150. The fraction of sp³-hybridized carbons (Fsp3) is 0.600. The maximum absolute atomic E-state index is 12.6. The second kappa shape index (κ2) is 12.1. The summed E-state index contributed by atoms with van der Waals surface area (Å²) < 4.78 is 11.5. The van der Waals surface area contributed by atoms with Gasteiger partial charge in [0.1, 0.15) is 0 Å². The number of rotatable bonds is 12. The molecule has 0 aromatic heterocycles. The molecule has 4 nitrogen and oxygen atoms in total. The van der Waals surface area contributed by atoms with Crippen LogP contribution in [-0.4, -0.2) is 27.5 Å². The van der Waals surface area contributed by atoms with Crippen LogP contribution in [0.15, 0.2) is 42.5 Å². The lowest BCUT2D eigenvalue weighted by atomic mass is 9.84. The first kappa shape index (κ1) is 26.1. The van der Waals surface area contributed by atoms with Crippen molar-refractivity contribution >= 4 is 14.3 Å². The van der Waals surface area contributed by atoms with Crippen molar-refractivity contribution in [3.05, 3.63) is 48.0 Å². The number of hydrogen-bond acceptors (Lipinski definition) is 4. The van der Waals surface area contributed by atoms with Crippen LogP contribution in [0.4, 0.5) is 0 Å². The number of carbonyl (C=O) groups is 1. The molecule has 1 rings (SSSR count). The molecule has 0 bridgehead atoms. The number of esters is 1. The molecule has 30 heavy (non-hydrogen) atoms. The standard InChI is InChI=1S/C25H39NO3Si/c1-7-28-23(27)25(21-26,19-14-20-29-30(5,6)24(2,3)4)18-13-9-12-17-22-15-10-8-11-16-22/h8,10-11,13,15-16,18H,7,9,12,14,17,19-20H2,1-6H3/b18-13+/t25-/m1/s1. The molecule has 0 N–H and O–H groups in total. The fourth-order valence-electron chi connectivity index (χ4n) is 2.90. The van der Waals surface area contributed by atoms with Gasteiger partial charge in [0.2, 0.25) is 0 Å². The number of carbonyl (C=O) groups excluding carboxylic acids is 1. The van der Waals surface area contributed by atoms with Gasteiger partial charge in [0.15, 0.2) is 13.7 Å². The van der Waals surface area contributed by atoms with E-state index in [2.05, 4.69) is 52.1 Å². The Morgan fingerprint density at radius 2 is 1.83 bits per heavy atom. The van der Waals surface area contributed by atoms with Crippen LogP contribution >= 0.6 is 0 Å². The Morgan fingerprint density at radius 3 is 2.40 bits per heavy atom. The first-order valence-electron chi connectivity index (χ1n) is 11.0. The molecule has 166 valence electrons. The molecule has 0 spiro atoms. The van der Waals surface area contributed by atoms with Crippen molar-refractivity contribution < 1.29 is 14.0 Å². The monoisotopic (exact) mass is 429 g/mol. The Labute approximate surface area is 184 Å². The van der Waals surface area contributed by atoms with Gasteiger partial charge in [0, 0.05) is 6.61 Å². The van der Waals surface area contributed by atoms with Crippen molar-refractivity contribution in [1.29, 1.82) is 5.26 Å². The number of allylic oxidation sites excluding steroid dienone is 1. The lowest BCUT2D eigenvalue weighted by Gasteiger charge is -2.36. The van der Waals surface area contributed by atoms with Crippen molar-refractivity contribution in [3.8, 4) is 6.07 Å². The minimum atomic E-state index is -1.84. The van der Waals surface area contributed by atoms with Crippen molar-refractivity contribution in [1.82, 2.24) is 0 Å². The number of hydrogen-bond donors (Lipinski definition) is 0. The Balaban J connectivity index is 2.69. The van der Waals surface area contributed by atoms with Gasteiger partial charge in [0.05, 0.1) is 12.7 Å². The highest BCUT2D eigenvalue weighted by atomic mass is 28.4. The third-order valence-electron chi connectivity index (χ3n) is 5.91. The molecule has 0 unspecified atom stereocenters. The van der Waals surface area contributed by atoms with E-state index in [1.165, 1.54) is 5.56 Å². The van der Waals surface area contributed by atoms with Crippen LogP contribution in [-0.2, 0) is 20.4 Å². The third-order valence-corrected chi connectivity index (χ3v) is 10.4. The average molecular weight is 430 g/mol.